The Morgan fingerprint density at radius 2 is 2.06 bits per heavy atom. The number of rotatable bonds is 2. The topological polar surface area (TPSA) is 106 Å². The second kappa shape index (κ2) is 8.10. The SMILES string of the molecule is CNc1cc2nc3c1ncn3C(=O)N[C@@H]1CC[C@H]1OCc1cc(cc(N3CC4CCC3CO4)c1)N2. The molecule has 10 nitrogen and oxygen atoms in total. The van der Waals surface area contributed by atoms with E-state index >= 15 is 0 Å². The molecule has 1 aromatic carbocycles. The number of anilines is 4. The smallest absolute Gasteiger partial charge is 0.328 e. The molecule has 0 radical (unpaired) electrons. The number of nitrogens with zero attached hydrogens (tertiary/aromatic N) is 4. The third-order valence-electron chi connectivity index (χ3n) is 7.75. The number of amides is 1. The monoisotopic (exact) mass is 475 g/mol. The average Bonchev–Trinajstić information content (AvgIpc) is 3.30. The number of nitrogens with one attached hydrogen (secondary N) is 3. The molecule has 3 aromatic rings. The zero-order valence-corrected chi connectivity index (χ0v) is 19.7. The Kier molecular flexibility index (Phi) is 4.85. The minimum atomic E-state index is -0.238. The molecule has 2 unspecified atom stereocenters. The molecule has 10 heteroatoms. The van der Waals surface area contributed by atoms with E-state index in [1.165, 1.54) is 16.6 Å². The van der Waals surface area contributed by atoms with Crippen molar-refractivity contribution in [2.75, 3.05) is 35.7 Å². The van der Waals surface area contributed by atoms with E-state index in [1.54, 1.807) is 0 Å². The maximum absolute atomic E-state index is 13.1. The number of ether oxygens (including phenoxy) is 2. The van der Waals surface area contributed by atoms with Crippen molar-refractivity contribution < 1.29 is 14.3 Å². The van der Waals surface area contributed by atoms with Crippen LogP contribution >= 0.6 is 0 Å². The van der Waals surface area contributed by atoms with E-state index in [2.05, 4.69) is 44.0 Å². The lowest BCUT2D eigenvalue weighted by Gasteiger charge is -2.46. The van der Waals surface area contributed by atoms with E-state index in [0.717, 1.165) is 55.8 Å². The van der Waals surface area contributed by atoms with Crippen LogP contribution in [0.5, 0.6) is 0 Å². The molecule has 1 saturated carbocycles. The van der Waals surface area contributed by atoms with Gasteiger partial charge >= 0.3 is 6.03 Å². The minimum absolute atomic E-state index is 0.00692. The number of piperidine rings is 1. The number of carbonyl (C=O) groups excluding carboxylic acids is 1. The van der Waals surface area contributed by atoms with Gasteiger partial charge in [-0.3, -0.25) is 0 Å². The lowest BCUT2D eigenvalue weighted by Crippen LogP contribution is -2.54. The lowest BCUT2D eigenvalue weighted by atomic mass is 9.89. The van der Waals surface area contributed by atoms with Gasteiger partial charge in [-0.25, -0.2) is 19.3 Å². The molecule has 6 heterocycles. The number of hydrogen-bond donors (Lipinski definition) is 3. The van der Waals surface area contributed by atoms with E-state index in [9.17, 15) is 4.79 Å². The van der Waals surface area contributed by atoms with Gasteiger partial charge in [-0.05, 0) is 49.4 Å². The predicted octanol–water partition coefficient (Wildman–Crippen LogP) is 3.20. The van der Waals surface area contributed by atoms with Crippen LogP contribution in [-0.4, -0.2) is 65.1 Å². The highest BCUT2D eigenvalue weighted by molar-refractivity contribution is 5.94. The lowest BCUT2D eigenvalue weighted by molar-refractivity contribution is -0.0324. The number of morpholine rings is 1. The van der Waals surface area contributed by atoms with E-state index in [4.69, 9.17) is 14.5 Å². The molecule has 8 rings (SSSR count). The molecule has 35 heavy (non-hydrogen) atoms. The minimum Gasteiger partial charge on any atom is -0.386 e. The van der Waals surface area contributed by atoms with Crippen molar-refractivity contribution in [3.63, 3.8) is 0 Å². The zero-order chi connectivity index (χ0) is 23.5. The molecule has 4 fully saturated rings. The van der Waals surface area contributed by atoms with Gasteiger partial charge in [-0.15, -0.1) is 0 Å². The van der Waals surface area contributed by atoms with E-state index in [1.807, 2.05) is 13.1 Å². The van der Waals surface area contributed by atoms with Crippen molar-refractivity contribution in [3.8, 4) is 0 Å². The van der Waals surface area contributed by atoms with Gasteiger partial charge in [-0.1, -0.05) is 0 Å². The summed E-state index contributed by atoms with van der Waals surface area (Å²) in [4.78, 5) is 24.8. The number of carbonyl (C=O) groups is 1. The molecule has 1 amide bonds. The Morgan fingerprint density at radius 3 is 2.80 bits per heavy atom. The first-order valence-electron chi connectivity index (χ1n) is 12.4. The molecule has 6 bridgehead atoms. The second-order valence-electron chi connectivity index (χ2n) is 9.93. The third-order valence-corrected chi connectivity index (χ3v) is 7.75. The summed E-state index contributed by atoms with van der Waals surface area (Å²) in [5, 5.41) is 9.78. The van der Waals surface area contributed by atoms with Gasteiger partial charge in [0.05, 0.1) is 43.2 Å². The number of aromatic nitrogens is 3. The predicted molar refractivity (Wildman–Crippen MR) is 132 cm³/mol. The quantitative estimate of drug-likeness (QED) is 0.519. The van der Waals surface area contributed by atoms with Gasteiger partial charge in [0.25, 0.3) is 0 Å². The van der Waals surface area contributed by atoms with Crippen molar-refractivity contribution in [2.45, 2.75) is 56.6 Å². The van der Waals surface area contributed by atoms with Gasteiger partial charge < -0.3 is 30.3 Å². The normalized spacial score (nSPS) is 27.6. The van der Waals surface area contributed by atoms with Crippen LogP contribution in [0.2, 0.25) is 0 Å². The number of hydrogen-bond acceptors (Lipinski definition) is 8. The summed E-state index contributed by atoms with van der Waals surface area (Å²) in [6.45, 7) is 2.19. The maximum Gasteiger partial charge on any atom is 0.328 e. The van der Waals surface area contributed by atoms with Crippen LogP contribution < -0.4 is 20.9 Å². The van der Waals surface area contributed by atoms with Crippen molar-refractivity contribution >= 4 is 40.1 Å². The zero-order valence-electron chi connectivity index (χ0n) is 19.7. The van der Waals surface area contributed by atoms with Crippen LogP contribution in [0.1, 0.15) is 31.2 Å². The molecule has 3 saturated heterocycles. The summed E-state index contributed by atoms with van der Waals surface area (Å²) in [6.07, 6.45) is 5.94. The van der Waals surface area contributed by atoms with Crippen molar-refractivity contribution in [1.29, 1.82) is 0 Å². The molecule has 2 aromatic heterocycles. The average molecular weight is 476 g/mol. The van der Waals surface area contributed by atoms with Gasteiger partial charge in [0.1, 0.15) is 17.7 Å². The van der Waals surface area contributed by atoms with Gasteiger partial charge in [-0.2, -0.15) is 0 Å². The Labute approximate surface area is 203 Å². The Balaban J connectivity index is 1.33. The molecule has 4 atom stereocenters. The first kappa shape index (κ1) is 21.0. The van der Waals surface area contributed by atoms with Crippen molar-refractivity contribution in [2.24, 2.45) is 0 Å². The highest BCUT2D eigenvalue weighted by Crippen LogP contribution is 2.35. The molecule has 3 N–H and O–H groups in total. The van der Waals surface area contributed by atoms with Crippen LogP contribution in [0, 0.1) is 0 Å². The van der Waals surface area contributed by atoms with Gasteiger partial charge in [0.15, 0.2) is 5.65 Å². The fourth-order valence-electron chi connectivity index (χ4n) is 5.67. The van der Waals surface area contributed by atoms with Gasteiger partial charge in [0, 0.05) is 31.0 Å². The summed E-state index contributed by atoms with van der Waals surface area (Å²) < 4.78 is 13.7. The molecule has 182 valence electrons. The second-order valence-corrected chi connectivity index (χ2v) is 9.93. The largest absolute Gasteiger partial charge is 0.386 e. The molecule has 5 aliphatic rings. The maximum atomic E-state index is 13.1. The Hall–Kier alpha value is -3.37. The number of benzene rings is 1. The first-order chi connectivity index (χ1) is 17.1. The van der Waals surface area contributed by atoms with Gasteiger partial charge in [0.2, 0.25) is 0 Å². The summed E-state index contributed by atoms with van der Waals surface area (Å²) in [5.41, 5.74) is 5.18. The highest BCUT2D eigenvalue weighted by Gasteiger charge is 2.36. The van der Waals surface area contributed by atoms with Crippen molar-refractivity contribution in [3.05, 3.63) is 36.2 Å². The van der Waals surface area contributed by atoms with Crippen LogP contribution in [-0.2, 0) is 16.1 Å². The fourth-order valence-corrected chi connectivity index (χ4v) is 5.67. The number of pyridine rings is 1. The summed E-state index contributed by atoms with van der Waals surface area (Å²) in [7, 11) is 1.85. The molecule has 4 aliphatic heterocycles. The Morgan fingerprint density at radius 1 is 1.11 bits per heavy atom. The Bertz CT molecular complexity index is 1300. The molecular formula is C25H29N7O3. The standard InChI is InChI=1S/C25H29N7O3/c1-26-20-9-22-28-15-6-14(7-17(8-15)31-10-18-3-2-16(31)12-34-18)11-35-21-5-4-19(21)29-25(33)32-13-27-23(20)24(32)30-22/h6-9,13,16,18-19,21H,2-5,10-12H2,1H3,(H,29,33)(H2,26,28,30)/t16?,18?,19-,21-/m1/s1. The van der Waals surface area contributed by atoms with Crippen LogP contribution in [0.3, 0.4) is 0 Å². The molecular weight excluding hydrogens is 446 g/mol. The van der Waals surface area contributed by atoms with Crippen LogP contribution in [0.15, 0.2) is 30.6 Å². The first-order valence-corrected chi connectivity index (χ1v) is 12.4. The summed E-state index contributed by atoms with van der Waals surface area (Å²) in [5.74, 6) is 0.641. The molecule has 0 spiro atoms. The highest BCUT2D eigenvalue weighted by atomic mass is 16.5. The van der Waals surface area contributed by atoms with Crippen LogP contribution in [0.4, 0.5) is 27.7 Å². The van der Waals surface area contributed by atoms with E-state index < -0.39 is 0 Å². The summed E-state index contributed by atoms with van der Waals surface area (Å²) >= 11 is 0. The third kappa shape index (κ3) is 3.59. The van der Waals surface area contributed by atoms with E-state index in [-0.39, 0.29) is 18.2 Å². The van der Waals surface area contributed by atoms with Crippen molar-refractivity contribution in [1.82, 2.24) is 19.9 Å². The fraction of sp³-hybridized carbons (Fsp3) is 0.480. The number of fused-ring (bicyclic) bond motifs is 7. The molecule has 1 aliphatic carbocycles. The van der Waals surface area contributed by atoms with E-state index in [0.29, 0.717) is 35.7 Å². The van der Waals surface area contributed by atoms with Crippen LogP contribution in [0.25, 0.3) is 11.2 Å². The summed E-state index contributed by atoms with van der Waals surface area (Å²) in [6, 6.07) is 8.60. The number of imidazole rings is 1.